The number of aromatic nitrogens is 1. The highest BCUT2D eigenvalue weighted by atomic mass is 127. The first kappa shape index (κ1) is 23.6. The summed E-state index contributed by atoms with van der Waals surface area (Å²) in [5.74, 6) is 3.46. The van der Waals surface area contributed by atoms with Gasteiger partial charge in [0, 0.05) is 50.6 Å². The molecule has 31 heavy (non-hydrogen) atoms. The van der Waals surface area contributed by atoms with Crippen LogP contribution in [0.5, 0.6) is 5.75 Å². The van der Waals surface area contributed by atoms with Gasteiger partial charge in [0.15, 0.2) is 5.96 Å². The number of guanidine groups is 1. The second-order valence-electron chi connectivity index (χ2n) is 7.73. The lowest BCUT2D eigenvalue weighted by molar-refractivity contribution is 0.122. The molecule has 0 unspecified atom stereocenters. The zero-order valence-electron chi connectivity index (χ0n) is 18.0. The summed E-state index contributed by atoms with van der Waals surface area (Å²) in [7, 11) is 1.79. The maximum Gasteiger partial charge on any atom is 0.191 e. The number of nitrogens with one attached hydrogen (secondary N) is 2. The van der Waals surface area contributed by atoms with Gasteiger partial charge in [0.2, 0.25) is 0 Å². The molecule has 0 radical (unpaired) electrons. The number of nitrogens with zero attached hydrogens (tertiary/aromatic N) is 3. The highest BCUT2D eigenvalue weighted by Gasteiger charge is 2.22. The highest BCUT2D eigenvalue weighted by molar-refractivity contribution is 14.0. The standard InChI is InChI=1S/C23H31N5O2.HI/c1-24-23(26-15-19-5-2-3-7-21(19)30-17-18-8-9-18)27-16-20-6-4-10-25-22(20)28-11-13-29-14-12-28;/h2-7,10,18H,8-9,11-17H2,1H3,(H2,24,26,27);1H. The average Bonchev–Trinajstić information content (AvgIpc) is 3.64. The van der Waals surface area contributed by atoms with Gasteiger partial charge in [-0.15, -0.1) is 24.0 Å². The monoisotopic (exact) mass is 537 g/mol. The average molecular weight is 537 g/mol. The molecule has 1 aromatic heterocycles. The first-order valence-electron chi connectivity index (χ1n) is 10.8. The maximum absolute atomic E-state index is 6.01. The molecule has 0 amide bonds. The fourth-order valence-electron chi connectivity index (χ4n) is 3.49. The lowest BCUT2D eigenvalue weighted by atomic mass is 10.2. The van der Waals surface area contributed by atoms with Gasteiger partial charge < -0.3 is 25.0 Å². The van der Waals surface area contributed by atoms with E-state index in [0.717, 1.165) is 67.5 Å². The van der Waals surface area contributed by atoms with Crippen molar-refractivity contribution in [3.63, 3.8) is 0 Å². The number of benzene rings is 1. The van der Waals surface area contributed by atoms with E-state index in [1.807, 2.05) is 30.5 Å². The van der Waals surface area contributed by atoms with Gasteiger partial charge in [-0.25, -0.2) is 4.98 Å². The van der Waals surface area contributed by atoms with Crippen molar-refractivity contribution in [3.05, 3.63) is 53.7 Å². The van der Waals surface area contributed by atoms with Gasteiger partial charge in [-0.3, -0.25) is 4.99 Å². The van der Waals surface area contributed by atoms with Crippen molar-refractivity contribution >= 4 is 35.8 Å². The molecule has 1 aromatic carbocycles. The van der Waals surface area contributed by atoms with E-state index in [2.05, 4.69) is 37.6 Å². The molecule has 4 rings (SSSR count). The third-order valence-corrected chi connectivity index (χ3v) is 5.44. The van der Waals surface area contributed by atoms with Crippen LogP contribution in [-0.2, 0) is 17.8 Å². The van der Waals surface area contributed by atoms with Crippen LogP contribution in [0.4, 0.5) is 5.82 Å². The minimum absolute atomic E-state index is 0. The smallest absolute Gasteiger partial charge is 0.191 e. The molecule has 2 heterocycles. The summed E-state index contributed by atoms with van der Waals surface area (Å²) in [6.45, 7) is 5.35. The van der Waals surface area contributed by atoms with Crippen LogP contribution in [0, 0.1) is 5.92 Å². The zero-order valence-corrected chi connectivity index (χ0v) is 20.4. The second kappa shape index (κ2) is 12.1. The van der Waals surface area contributed by atoms with Crippen LogP contribution in [0.1, 0.15) is 24.0 Å². The SMILES string of the molecule is CN=C(NCc1ccccc1OCC1CC1)NCc1cccnc1N1CCOCC1.I. The number of pyridine rings is 1. The summed E-state index contributed by atoms with van der Waals surface area (Å²) in [5.41, 5.74) is 2.28. The van der Waals surface area contributed by atoms with Gasteiger partial charge in [0.1, 0.15) is 11.6 Å². The van der Waals surface area contributed by atoms with Crippen molar-refractivity contribution in [1.29, 1.82) is 0 Å². The number of aliphatic imine (C=N–C) groups is 1. The summed E-state index contributed by atoms with van der Waals surface area (Å²) in [5, 5.41) is 6.82. The Morgan fingerprint density at radius 3 is 2.55 bits per heavy atom. The summed E-state index contributed by atoms with van der Waals surface area (Å²) in [6.07, 6.45) is 4.43. The lowest BCUT2D eigenvalue weighted by Gasteiger charge is -2.29. The minimum Gasteiger partial charge on any atom is -0.493 e. The molecule has 7 nitrogen and oxygen atoms in total. The van der Waals surface area contributed by atoms with E-state index < -0.39 is 0 Å². The Labute approximate surface area is 201 Å². The maximum atomic E-state index is 6.01. The van der Waals surface area contributed by atoms with Crippen molar-refractivity contribution in [1.82, 2.24) is 15.6 Å². The number of ether oxygens (including phenoxy) is 2. The first-order valence-corrected chi connectivity index (χ1v) is 10.8. The molecule has 168 valence electrons. The predicted molar refractivity (Wildman–Crippen MR) is 134 cm³/mol. The van der Waals surface area contributed by atoms with Gasteiger partial charge >= 0.3 is 0 Å². The number of rotatable bonds is 8. The van der Waals surface area contributed by atoms with E-state index in [9.17, 15) is 0 Å². The largest absolute Gasteiger partial charge is 0.493 e. The summed E-state index contributed by atoms with van der Waals surface area (Å²) in [4.78, 5) is 11.3. The van der Waals surface area contributed by atoms with Crippen LogP contribution in [-0.4, -0.2) is 50.9 Å². The van der Waals surface area contributed by atoms with E-state index in [1.54, 1.807) is 7.05 Å². The van der Waals surface area contributed by atoms with E-state index in [1.165, 1.54) is 12.8 Å². The summed E-state index contributed by atoms with van der Waals surface area (Å²) >= 11 is 0. The van der Waals surface area contributed by atoms with Crippen molar-refractivity contribution in [3.8, 4) is 5.75 Å². The molecule has 1 aliphatic heterocycles. The number of para-hydroxylation sites is 1. The molecule has 1 aliphatic carbocycles. The zero-order chi connectivity index (χ0) is 20.6. The molecule has 2 N–H and O–H groups in total. The molecule has 0 bridgehead atoms. The van der Waals surface area contributed by atoms with Crippen LogP contribution in [0.15, 0.2) is 47.6 Å². The van der Waals surface area contributed by atoms with Gasteiger partial charge in [0.25, 0.3) is 0 Å². The quantitative estimate of drug-likeness (QED) is 0.306. The molecule has 1 saturated carbocycles. The van der Waals surface area contributed by atoms with E-state index in [4.69, 9.17) is 9.47 Å². The van der Waals surface area contributed by atoms with E-state index in [-0.39, 0.29) is 24.0 Å². The fraction of sp³-hybridized carbons (Fsp3) is 0.478. The Morgan fingerprint density at radius 2 is 1.81 bits per heavy atom. The van der Waals surface area contributed by atoms with Crippen LogP contribution in [0.3, 0.4) is 0 Å². The summed E-state index contributed by atoms with van der Waals surface area (Å²) < 4.78 is 11.5. The van der Waals surface area contributed by atoms with E-state index >= 15 is 0 Å². The number of hydrogen-bond acceptors (Lipinski definition) is 5. The topological polar surface area (TPSA) is 71.0 Å². The fourth-order valence-corrected chi connectivity index (χ4v) is 3.49. The molecule has 0 spiro atoms. The molecule has 0 atom stereocenters. The molecule has 2 aromatic rings. The highest BCUT2D eigenvalue weighted by Crippen LogP contribution is 2.30. The molecular weight excluding hydrogens is 505 g/mol. The van der Waals surface area contributed by atoms with Gasteiger partial charge in [-0.05, 0) is 30.9 Å². The van der Waals surface area contributed by atoms with Crippen molar-refractivity contribution in [2.45, 2.75) is 25.9 Å². The third-order valence-electron chi connectivity index (χ3n) is 5.44. The lowest BCUT2D eigenvalue weighted by Crippen LogP contribution is -2.39. The number of anilines is 1. The van der Waals surface area contributed by atoms with Crippen molar-refractivity contribution in [2.24, 2.45) is 10.9 Å². The molecular formula is C23H32IN5O2. The van der Waals surface area contributed by atoms with Crippen LogP contribution in [0.25, 0.3) is 0 Å². The molecule has 8 heteroatoms. The van der Waals surface area contributed by atoms with Gasteiger partial charge in [-0.2, -0.15) is 0 Å². The minimum atomic E-state index is 0. The van der Waals surface area contributed by atoms with Crippen molar-refractivity contribution in [2.75, 3.05) is 44.9 Å². The van der Waals surface area contributed by atoms with Crippen LogP contribution >= 0.6 is 24.0 Å². The predicted octanol–water partition coefficient (Wildman–Crippen LogP) is 3.19. The Balaban J connectivity index is 0.00000272. The van der Waals surface area contributed by atoms with Gasteiger partial charge in [-0.1, -0.05) is 24.3 Å². The Kier molecular flexibility index (Phi) is 9.20. The Bertz CT molecular complexity index is 853. The number of morpholine rings is 1. The third kappa shape index (κ3) is 6.96. The van der Waals surface area contributed by atoms with E-state index in [0.29, 0.717) is 13.1 Å². The summed E-state index contributed by atoms with van der Waals surface area (Å²) in [6, 6.07) is 12.3. The number of hydrogen-bond donors (Lipinski definition) is 2. The normalized spacial score (nSPS) is 16.4. The second-order valence-corrected chi connectivity index (χ2v) is 7.73. The van der Waals surface area contributed by atoms with Crippen LogP contribution < -0.4 is 20.3 Å². The van der Waals surface area contributed by atoms with Crippen molar-refractivity contribution < 1.29 is 9.47 Å². The first-order chi connectivity index (χ1) is 14.8. The Hall–Kier alpha value is -2.07. The molecule has 2 aliphatic rings. The molecule has 1 saturated heterocycles. The van der Waals surface area contributed by atoms with Gasteiger partial charge in [0.05, 0.1) is 19.8 Å². The number of halogens is 1. The molecule has 2 fully saturated rings. The van der Waals surface area contributed by atoms with Crippen LogP contribution in [0.2, 0.25) is 0 Å². The Morgan fingerprint density at radius 1 is 1.10 bits per heavy atom.